The molecule has 90 valence electrons. The summed E-state index contributed by atoms with van der Waals surface area (Å²) in [6, 6.07) is 1.92. The van der Waals surface area contributed by atoms with Crippen molar-refractivity contribution in [2.24, 2.45) is 0 Å². The highest BCUT2D eigenvalue weighted by atomic mass is 32.2. The second kappa shape index (κ2) is 5.92. The molecule has 2 heterocycles. The molecule has 0 aromatic carbocycles. The molecular weight excluding hydrogens is 254 g/mol. The third-order valence-corrected chi connectivity index (χ3v) is 3.64. The summed E-state index contributed by atoms with van der Waals surface area (Å²) in [4.78, 5) is 13.0. The van der Waals surface area contributed by atoms with Gasteiger partial charge in [-0.05, 0) is 29.7 Å². The molecule has 0 unspecified atom stereocenters. The van der Waals surface area contributed by atoms with Gasteiger partial charge in [0.15, 0.2) is 4.34 Å². The Morgan fingerprint density at radius 2 is 2.29 bits per heavy atom. The fourth-order valence-electron chi connectivity index (χ4n) is 1.29. The first-order chi connectivity index (χ1) is 8.31. The van der Waals surface area contributed by atoms with E-state index in [1.54, 1.807) is 6.33 Å². The van der Waals surface area contributed by atoms with Crippen molar-refractivity contribution in [3.8, 4) is 0 Å². The molecule has 5 nitrogen and oxygen atoms in total. The number of nitrogens with zero attached hydrogens (tertiary/aromatic N) is 4. The van der Waals surface area contributed by atoms with Gasteiger partial charge in [-0.1, -0.05) is 6.92 Å². The van der Waals surface area contributed by atoms with Gasteiger partial charge in [-0.2, -0.15) is 4.37 Å². The van der Waals surface area contributed by atoms with Gasteiger partial charge in [0.25, 0.3) is 0 Å². The molecule has 0 aliphatic heterocycles. The van der Waals surface area contributed by atoms with E-state index in [-0.39, 0.29) is 0 Å². The molecule has 0 saturated carbocycles. The molecule has 7 heteroatoms. The Hall–Kier alpha value is -1.21. The monoisotopic (exact) mass is 267 g/mol. The van der Waals surface area contributed by atoms with E-state index < -0.39 is 0 Å². The van der Waals surface area contributed by atoms with Gasteiger partial charge in [0, 0.05) is 19.5 Å². The van der Waals surface area contributed by atoms with Crippen molar-refractivity contribution in [3.05, 3.63) is 18.2 Å². The van der Waals surface area contributed by atoms with E-state index in [0.29, 0.717) is 0 Å². The first-order valence-corrected chi connectivity index (χ1v) is 6.91. The van der Waals surface area contributed by atoms with Gasteiger partial charge in [-0.15, -0.1) is 0 Å². The van der Waals surface area contributed by atoms with Crippen LogP contribution >= 0.6 is 23.3 Å². The van der Waals surface area contributed by atoms with Crippen LogP contribution < -0.4 is 5.32 Å². The Morgan fingerprint density at radius 3 is 2.94 bits per heavy atom. The van der Waals surface area contributed by atoms with Crippen LogP contribution in [0.1, 0.15) is 19.2 Å². The minimum absolute atomic E-state index is 0.843. The Balaban J connectivity index is 2.23. The SMILES string of the molecule is CCCc1nc(NC)cc(Sc2ncns2)n1. The number of aryl methyl sites for hydroxylation is 1. The van der Waals surface area contributed by atoms with Gasteiger partial charge in [0.2, 0.25) is 0 Å². The van der Waals surface area contributed by atoms with Crippen LogP contribution in [0.15, 0.2) is 21.8 Å². The molecule has 2 aromatic heterocycles. The number of hydrogen-bond donors (Lipinski definition) is 1. The Bertz CT molecular complexity index is 472. The number of nitrogens with one attached hydrogen (secondary N) is 1. The predicted octanol–water partition coefficient (Wildman–Crippen LogP) is 2.47. The lowest BCUT2D eigenvalue weighted by atomic mass is 10.3. The van der Waals surface area contributed by atoms with Gasteiger partial charge in [-0.3, -0.25) is 0 Å². The molecule has 0 aliphatic carbocycles. The summed E-state index contributed by atoms with van der Waals surface area (Å²) in [7, 11) is 1.86. The number of anilines is 1. The number of hydrogen-bond acceptors (Lipinski definition) is 7. The molecule has 2 aromatic rings. The van der Waals surface area contributed by atoms with Crippen molar-refractivity contribution in [1.82, 2.24) is 19.3 Å². The van der Waals surface area contributed by atoms with Crippen LogP contribution in [0, 0.1) is 0 Å². The molecule has 1 N–H and O–H groups in total. The smallest absolute Gasteiger partial charge is 0.175 e. The minimum atomic E-state index is 0.843. The molecule has 17 heavy (non-hydrogen) atoms. The van der Waals surface area contributed by atoms with Crippen molar-refractivity contribution in [2.45, 2.75) is 29.1 Å². The third-order valence-electron chi connectivity index (χ3n) is 2.01. The lowest BCUT2D eigenvalue weighted by Gasteiger charge is -2.05. The summed E-state index contributed by atoms with van der Waals surface area (Å²) in [6.45, 7) is 2.12. The molecular formula is C10H13N5S2. The maximum atomic E-state index is 4.50. The van der Waals surface area contributed by atoms with E-state index in [1.807, 2.05) is 13.1 Å². The molecule has 0 aliphatic rings. The van der Waals surface area contributed by atoms with Crippen LogP contribution in [0.4, 0.5) is 5.82 Å². The summed E-state index contributed by atoms with van der Waals surface area (Å²) in [5.74, 6) is 1.71. The molecule has 0 saturated heterocycles. The van der Waals surface area contributed by atoms with Gasteiger partial charge in [0.1, 0.15) is 23.0 Å². The van der Waals surface area contributed by atoms with E-state index in [0.717, 1.165) is 33.8 Å². The van der Waals surface area contributed by atoms with Gasteiger partial charge >= 0.3 is 0 Å². The third kappa shape index (κ3) is 3.37. The normalized spacial score (nSPS) is 10.5. The van der Waals surface area contributed by atoms with Crippen molar-refractivity contribution < 1.29 is 0 Å². The molecule has 0 amide bonds. The standard InChI is InChI=1S/C10H13N5S2/c1-3-4-7-14-8(11-2)5-9(15-7)16-10-12-6-13-17-10/h5-6H,3-4H2,1-2H3,(H,11,14,15). The summed E-state index contributed by atoms with van der Waals surface area (Å²) < 4.78 is 4.87. The summed E-state index contributed by atoms with van der Waals surface area (Å²) in [5.41, 5.74) is 0. The molecule has 0 bridgehead atoms. The summed E-state index contributed by atoms with van der Waals surface area (Å²) >= 11 is 2.89. The van der Waals surface area contributed by atoms with Crippen molar-refractivity contribution in [2.75, 3.05) is 12.4 Å². The van der Waals surface area contributed by atoms with Gasteiger partial charge in [0.05, 0.1) is 0 Å². The lowest BCUT2D eigenvalue weighted by molar-refractivity contribution is 0.811. The molecule has 0 spiro atoms. The topological polar surface area (TPSA) is 63.6 Å². The van der Waals surface area contributed by atoms with Crippen LogP contribution in [0.5, 0.6) is 0 Å². The highest BCUT2D eigenvalue weighted by Gasteiger charge is 2.07. The molecule has 2 rings (SSSR count). The fourth-order valence-corrected chi connectivity index (χ4v) is 2.70. The Labute approximate surface area is 108 Å². The first-order valence-electron chi connectivity index (χ1n) is 5.32. The minimum Gasteiger partial charge on any atom is -0.373 e. The zero-order chi connectivity index (χ0) is 12.1. The van der Waals surface area contributed by atoms with Crippen LogP contribution in [-0.4, -0.2) is 26.4 Å². The molecule has 0 radical (unpaired) electrons. The molecule has 0 atom stereocenters. The van der Waals surface area contributed by atoms with Crippen molar-refractivity contribution in [3.63, 3.8) is 0 Å². The second-order valence-electron chi connectivity index (χ2n) is 3.32. The van der Waals surface area contributed by atoms with E-state index in [2.05, 4.69) is 31.6 Å². The predicted molar refractivity (Wildman–Crippen MR) is 69.6 cm³/mol. The first kappa shape index (κ1) is 12.3. The van der Waals surface area contributed by atoms with E-state index in [1.165, 1.54) is 23.3 Å². The van der Waals surface area contributed by atoms with Crippen LogP contribution in [0.3, 0.4) is 0 Å². The highest BCUT2D eigenvalue weighted by molar-refractivity contribution is 8.00. The second-order valence-corrected chi connectivity index (χ2v) is 5.36. The van der Waals surface area contributed by atoms with E-state index >= 15 is 0 Å². The largest absolute Gasteiger partial charge is 0.373 e. The fraction of sp³-hybridized carbons (Fsp3) is 0.400. The van der Waals surface area contributed by atoms with Crippen molar-refractivity contribution >= 4 is 29.1 Å². The average Bonchev–Trinajstić information content (AvgIpc) is 2.82. The Kier molecular flexibility index (Phi) is 4.27. The number of aromatic nitrogens is 4. The lowest BCUT2D eigenvalue weighted by Crippen LogP contribution is -2.00. The zero-order valence-electron chi connectivity index (χ0n) is 9.67. The summed E-state index contributed by atoms with van der Waals surface area (Å²) in [6.07, 6.45) is 3.48. The zero-order valence-corrected chi connectivity index (χ0v) is 11.3. The average molecular weight is 267 g/mol. The van der Waals surface area contributed by atoms with Gasteiger partial charge < -0.3 is 5.32 Å². The van der Waals surface area contributed by atoms with Crippen LogP contribution in [0.2, 0.25) is 0 Å². The summed E-state index contributed by atoms with van der Waals surface area (Å²) in [5, 5.41) is 3.96. The van der Waals surface area contributed by atoms with Crippen LogP contribution in [0.25, 0.3) is 0 Å². The number of rotatable bonds is 5. The maximum absolute atomic E-state index is 4.50. The quantitative estimate of drug-likeness (QED) is 0.840. The van der Waals surface area contributed by atoms with Crippen LogP contribution in [-0.2, 0) is 6.42 Å². The Morgan fingerprint density at radius 1 is 1.41 bits per heavy atom. The highest BCUT2D eigenvalue weighted by Crippen LogP contribution is 2.27. The van der Waals surface area contributed by atoms with E-state index in [9.17, 15) is 0 Å². The van der Waals surface area contributed by atoms with Crippen molar-refractivity contribution in [1.29, 1.82) is 0 Å². The van der Waals surface area contributed by atoms with Gasteiger partial charge in [-0.25, -0.2) is 15.0 Å². The van der Waals surface area contributed by atoms with E-state index in [4.69, 9.17) is 0 Å². The maximum Gasteiger partial charge on any atom is 0.175 e. The molecule has 0 fully saturated rings.